The van der Waals surface area contributed by atoms with E-state index in [0.717, 1.165) is 33.8 Å². The van der Waals surface area contributed by atoms with E-state index in [4.69, 9.17) is 0 Å². The van der Waals surface area contributed by atoms with E-state index in [1.807, 2.05) is 18.3 Å². The van der Waals surface area contributed by atoms with Crippen LogP contribution in [0.15, 0.2) is 48.1 Å². The summed E-state index contributed by atoms with van der Waals surface area (Å²) in [6.45, 7) is 2.82. The van der Waals surface area contributed by atoms with E-state index in [0.29, 0.717) is 0 Å². The number of hydrogen-bond acceptors (Lipinski definition) is 4. The average molecular weight is 294 g/mol. The summed E-state index contributed by atoms with van der Waals surface area (Å²) in [6, 6.07) is 10.3. The minimum Gasteiger partial charge on any atom is -0.379 e. The highest BCUT2D eigenvalue weighted by atomic mass is 32.1. The first kappa shape index (κ1) is 12.3. The van der Waals surface area contributed by atoms with Crippen LogP contribution in [0.1, 0.15) is 11.4 Å². The maximum absolute atomic E-state index is 4.57. The lowest BCUT2D eigenvalue weighted by Crippen LogP contribution is -2.03. The molecule has 4 rings (SSSR count). The van der Waals surface area contributed by atoms with Gasteiger partial charge in [0, 0.05) is 28.8 Å². The second-order valence-corrected chi connectivity index (χ2v) is 5.84. The lowest BCUT2D eigenvalue weighted by molar-refractivity contribution is 0.995. The predicted octanol–water partition coefficient (Wildman–Crippen LogP) is 3.86. The fourth-order valence-corrected chi connectivity index (χ4v) is 3.30. The number of anilines is 1. The molecule has 104 valence electrons. The standard InChI is InChI=1S/C16H14N4S/c1-11-15(20-7-8-21-16(20)19-11)10-18-13-4-5-14-12(9-13)3-2-6-17-14/h2-9,18H,10H2,1H3. The van der Waals surface area contributed by atoms with Crippen LogP contribution in [0.4, 0.5) is 5.69 Å². The summed E-state index contributed by atoms with van der Waals surface area (Å²) in [4.78, 5) is 9.95. The van der Waals surface area contributed by atoms with Gasteiger partial charge in [-0.1, -0.05) is 6.07 Å². The van der Waals surface area contributed by atoms with Gasteiger partial charge < -0.3 is 5.32 Å². The van der Waals surface area contributed by atoms with Gasteiger partial charge in [-0.2, -0.15) is 0 Å². The van der Waals surface area contributed by atoms with E-state index in [2.05, 4.69) is 56.4 Å². The van der Waals surface area contributed by atoms with E-state index in [-0.39, 0.29) is 0 Å². The van der Waals surface area contributed by atoms with Gasteiger partial charge in [-0.05, 0) is 31.2 Å². The first-order chi connectivity index (χ1) is 10.3. The van der Waals surface area contributed by atoms with Gasteiger partial charge >= 0.3 is 0 Å². The Morgan fingerprint density at radius 3 is 3.19 bits per heavy atom. The number of rotatable bonds is 3. The Morgan fingerprint density at radius 2 is 2.24 bits per heavy atom. The van der Waals surface area contributed by atoms with E-state index in [1.165, 1.54) is 5.69 Å². The molecule has 0 unspecified atom stereocenters. The van der Waals surface area contributed by atoms with Gasteiger partial charge in [0.05, 0.1) is 23.4 Å². The van der Waals surface area contributed by atoms with Crippen molar-refractivity contribution >= 4 is 32.9 Å². The van der Waals surface area contributed by atoms with Gasteiger partial charge in [0.1, 0.15) is 0 Å². The number of pyridine rings is 1. The number of thiazole rings is 1. The molecule has 4 aromatic rings. The molecule has 0 saturated carbocycles. The number of imidazole rings is 1. The zero-order chi connectivity index (χ0) is 14.2. The van der Waals surface area contributed by atoms with E-state index >= 15 is 0 Å². The third kappa shape index (κ3) is 2.15. The van der Waals surface area contributed by atoms with Crippen LogP contribution in [0, 0.1) is 6.92 Å². The Morgan fingerprint density at radius 1 is 1.29 bits per heavy atom. The van der Waals surface area contributed by atoms with Gasteiger partial charge in [0.2, 0.25) is 0 Å². The van der Waals surface area contributed by atoms with Crippen molar-refractivity contribution in [3.05, 3.63) is 59.5 Å². The predicted molar refractivity (Wildman–Crippen MR) is 86.9 cm³/mol. The zero-order valence-corrected chi connectivity index (χ0v) is 12.4. The van der Waals surface area contributed by atoms with Crippen LogP contribution in [0.2, 0.25) is 0 Å². The molecule has 21 heavy (non-hydrogen) atoms. The molecule has 0 aliphatic heterocycles. The van der Waals surface area contributed by atoms with E-state index < -0.39 is 0 Å². The first-order valence-corrected chi connectivity index (χ1v) is 7.69. The van der Waals surface area contributed by atoms with Crippen molar-refractivity contribution in [2.24, 2.45) is 0 Å². The number of benzene rings is 1. The Bertz CT molecular complexity index is 922. The Kier molecular flexibility index (Phi) is 2.86. The minimum absolute atomic E-state index is 0.759. The fraction of sp³-hybridized carbons (Fsp3) is 0.125. The summed E-state index contributed by atoms with van der Waals surface area (Å²) >= 11 is 1.66. The minimum atomic E-state index is 0.759. The molecule has 0 spiro atoms. The first-order valence-electron chi connectivity index (χ1n) is 6.81. The Balaban J connectivity index is 1.63. The molecule has 4 nitrogen and oxygen atoms in total. The molecule has 1 N–H and O–H groups in total. The van der Waals surface area contributed by atoms with Crippen LogP contribution in [-0.4, -0.2) is 14.4 Å². The summed E-state index contributed by atoms with van der Waals surface area (Å²) in [5, 5.41) is 6.69. The molecular weight excluding hydrogens is 280 g/mol. The lowest BCUT2D eigenvalue weighted by atomic mass is 10.2. The highest BCUT2D eigenvalue weighted by Gasteiger charge is 2.09. The molecule has 1 aromatic carbocycles. The SMILES string of the molecule is Cc1nc2sccn2c1CNc1ccc2ncccc2c1. The molecule has 0 aliphatic carbocycles. The number of nitrogens with one attached hydrogen (secondary N) is 1. The van der Waals surface area contributed by atoms with Crippen LogP contribution >= 0.6 is 11.3 Å². The summed E-state index contributed by atoms with van der Waals surface area (Å²) in [6.07, 6.45) is 3.89. The zero-order valence-electron chi connectivity index (χ0n) is 11.6. The second-order valence-electron chi connectivity index (χ2n) is 4.96. The quantitative estimate of drug-likeness (QED) is 0.624. The van der Waals surface area contributed by atoms with Gasteiger partial charge in [-0.15, -0.1) is 11.3 Å². The molecule has 0 fully saturated rings. The highest BCUT2D eigenvalue weighted by molar-refractivity contribution is 7.15. The molecule has 0 amide bonds. The van der Waals surface area contributed by atoms with E-state index in [1.54, 1.807) is 11.3 Å². The van der Waals surface area contributed by atoms with Gasteiger partial charge in [-0.3, -0.25) is 9.38 Å². The molecule has 0 aliphatic rings. The molecule has 0 saturated heterocycles. The third-order valence-electron chi connectivity index (χ3n) is 3.62. The number of aryl methyl sites for hydroxylation is 1. The fourth-order valence-electron chi connectivity index (χ4n) is 2.53. The Labute approximate surface area is 126 Å². The largest absolute Gasteiger partial charge is 0.379 e. The van der Waals surface area contributed by atoms with E-state index in [9.17, 15) is 0 Å². The van der Waals surface area contributed by atoms with Crippen molar-refractivity contribution in [3.8, 4) is 0 Å². The summed E-state index contributed by atoms with van der Waals surface area (Å²) in [5.74, 6) is 0. The topological polar surface area (TPSA) is 42.2 Å². The van der Waals surface area contributed by atoms with Gasteiger partial charge in [-0.25, -0.2) is 4.98 Å². The summed E-state index contributed by atoms with van der Waals surface area (Å²) < 4.78 is 2.15. The van der Waals surface area contributed by atoms with Crippen LogP contribution < -0.4 is 5.32 Å². The maximum Gasteiger partial charge on any atom is 0.194 e. The van der Waals surface area contributed by atoms with Gasteiger partial charge in [0.15, 0.2) is 4.96 Å². The normalized spacial score (nSPS) is 11.3. The highest BCUT2D eigenvalue weighted by Crippen LogP contribution is 2.20. The third-order valence-corrected chi connectivity index (χ3v) is 4.38. The molecule has 0 bridgehead atoms. The number of aromatic nitrogens is 3. The maximum atomic E-state index is 4.57. The van der Waals surface area contributed by atoms with Crippen molar-refractivity contribution in [2.45, 2.75) is 13.5 Å². The van der Waals surface area contributed by atoms with Crippen LogP contribution in [0.3, 0.4) is 0 Å². The van der Waals surface area contributed by atoms with Crippen LogP contribution in [0.5, 0.6) is 0 Å². The van der Waals surface area contributed by atoms with Crippen LogP contribution in [0.25, 0.3) is 15.9 Å². The summed E-state index contributed by atoms with van der Waals surface area (Å²) in [7, 11) is 0. The smallest absolute Gasteiger partial charge is 0.194 e. The number of fused-ring (bicyclic) bond motifs is 2. The average Bonchev–Trinajstić information content (AvgIpc) is 3.06. The number of hydrogen-bond donors (Lipinski definition) is 1. The number of nitrogens with zero attached hydrogens (tertiary/aromatic N) is 3. The van der Waals surface area contributed by atoms with Crippen molar-refractivity contribution in [1.29, 1.82) is 0 Å². The van der Waals surface area contributed by atoms with Crippen molar-refractivity contribution < 1.29 is 0 Å². The molecule has 0 atom stereocenters. The Hall–Kier alpha value is -2.40. The molecule has 5 heteroatoms. The monoisotopic (exact) mass is 294 g/mol. The van der Waals surface area contributed by atoms with Crippen LogP contribution in [-0.2, 0) is 6.54 Å². The molecule has 3 aromatic heterocycles. The van der Waals surface area contributed by atoms with Crippen molar-refractivity contribution in [1.82, 2.24) is 14.4 Å². The molecule has 3 heterocycles. The van der Waals surface area contributed by atoms with Crippen molar-refractivity contribution in [2.75, 3.05) is 5.32 Å². The second kappa shape index (κ2) is 4.86. The van der Waals surface area contributed by atoms with Crippen molar-refractivity contribution in [3.63, 3.8) is 0 Å². The molecule has 0 radical (unpaired) electrons. The molecular formula is C16H14N4S. The van der Waals surface area contributed by atoms with Gasteiger partial charge in [0.25, 0.3) is 0 Å². The summed E-state index contributed by atoms with van der Waals surface area (Å²) in [5.41, 5.74) is 4.40. The lowest BCUT2D eigenvalue weighted by Gasteiger charge is -2.07.